The summed E-state index contributed by atoms with van der Waals surface area (Å²) < 4.78 is 10.5. The van der Waals surface area contributed by atoms with Crippen molar-refractivity contribution in [1.29, 1.82) is 0 Å². The van der Waals surface area contributed by atoms with Crippen LogP contribution in [0.2, 0.25) is 0 Å². The van der Waals surface area contributed by atoms with Crippen LogP contribution >= 0.6 is 0 Å². The van der Waals surface area contributed by atoms with Gasteiger partial charge in [0.1, 0.15) is 0 Å². The SMILES string of the molecule is COc1ccc(CCNC(=O)c2ccc(C(=O)N3CCCCC3)cc2)cc1OC. The highest BCUT2D eigenvalue weighted by atomic mass is 16.5. The summed E-state index contributed by atoms with van der Waals surface area (Å²) in [5.74, 6) is 1.25. The van der Waals surface area contributed by atoms with Crippen LogP contribution in [-0.2, 0) is 6.42 Å². The summed E-state index contributed by atoms with van der Waals surface area (Å²) in [6.45, 7) is 2.14. The van der Waals surface area contributed by atoms with Crippen molar-refractivity contribution in [2.24, 2.45) is 0 Å². The second-order valence-electron chi connectivity index (χ2n) is 7.13. The van der Waals surface area contributed by atoms with Crippen molar-refractivity contribution in [1.82, 2.24) is 10.2 Å². The Morgan fingerprint density at radius 3 is 2.21 bits per heavy atom. The molecule has 0 bridgehead atoms. The van der Waals surface area contributed by atoms with E-state index in [0.29, 0.717) is 35.6 Å². The van der Waals surface area contributed by atoms with E-state index in [0.717, 1.165) is 31.5 Å². The van der Waals surface area contributed by atoms with Gasteiger partial charge in [-0.2, -0.15) is 0 Å². The van der Waals surface area contributed by atoms with E-state index in [1.54, 1.807) is 38.5 Å². The van der Waals surface area contributed by atoms with Crippen molar-refractivity contribution >= 4 is 11.8 Å². The van der Waals surface area contributed by atoms with Gasteiger partial charge in [-0.3, -0.25) is 9.59 Å². The van der Waals surface area contributed by atoms with Crippen molar-refractivity contribution in [2.75, 3.05) is 33.9 Å². The minimum Gasteiger partial charge on any atom is -0.493 e. The molecule has 2 amide bonds. The van der Waals surface area contributed by atoms with E-state index < -0.39 is 0 Å². The van der Waals surface area contributed by atoms with Gasteiger partial charge in [0.2, 0.25) is 0 Å². The molecule has 6 nitrogen and oxygen atoms in total. The molecule has 2 aromatic carbocycles. The Labute approximate surface area is 171 Å². The summed E-state index contributed by atoms with van der Waals surface area (Å²) >= 11 is 0. The van der Waals surface area contributed by atoms with E-state index in [2.05, 4.69) is 5.32 Å². The monoisotopic (exact) mass is 396 g/mol. The third-order valence-electron chi connectivity index (χ3n) is 5.18. The fourth-order valence-electron chi connectivity index (χ4n) is 3.50. The average Bonchev–Trinajstić information content (AvgIpc) is 2.79. The number of hydrogen-bond donors (Lipinski definition) is 1. The predicted molar refractivity (Wildman–Crippen MR) is 112 cm³/mol. The van der Waals surface area contributed by atoms with Crippen LogP contribution in [0.4, 0.5) is 0 Å². The molecule has 0 spiro atoms. The van der Waals surface area contributed by atoms with Gasteiger partial charge in [0.25, 0.3) is 11.8 Å². The number of methoxy groups -OCH3 is 2. The molecule has 1 aliphatic rings. The van der Waals surface area contributed by atoms with Gasteiger partial charge in [-0.15, -0.1) is 0 Å². The zero-order chi connectivity index (χ0) is 20.6. The van der Waals surface area contributed by atoms with Gasteiger partial charge < -0.3 is 19.7 Å². The van der Waals surface area contributed by atoms with Crippen LogP contribution in [-0.4, -0.2) is 50.6 Å². The number of carbonyl (C=O) groups is 2. The van der Waals surface area contributed by atoms with E-state index in [-0.39, 0.29) is 11.8 Å². The molecule has 0 atom stereocenters. The normalized spacial score (nSPS) is 13.7. The molecule has 6 heteroatoms. The van der Waals surface area contributed by atoms with E-state index in [1.165, 1.54) is 6.42 Å². The lowest BCUT2D eigenvalue weighted by atomic mass is 10.1. The van der Waals surface area contributed by atoms with E-state index in [4.69, 9.17) is 9.47 Å². The van der Waals surface area contributed by atoms with E-state index >= 15 is 0 Å². The number of ether oxygens (including phenoxy) is 2. The standard InChI is InChI=1S/C23H28N2O4/c1-28-20-11-6-17(16-21(20)29-2)12-13-24-22(26)18-7-9-19(10-8-18)23(27)25-14-4-3-5-15-25/h6-11,16H,3-5,12-15H2,1-2H3,(H,24,26). The zero-order valence-corrected chi connectivity index (χ0v) is 17.1. The lowest BCUT2D eigenvalue weighted by molar-refractivity contribution is 0.0723. The summed E-state index contributed by atoms with van der Waals surface area (Å²) in [5.41, 5.74) is 2.23. The number of likely N-dealkylation sites (tertiary alicyclic amines) is 1. The van der Waals surface area contributed by atoms with Crippen molar-refractivity contribution in [3.05, 3.63) is 59.2 Å². The summed E-state index contributed by atoms with van der Waals surface area (Å²) in [7, 11) is 3.20. The van der Waals surface area contributed by atoms with Crippen molar-refractivity contribution in [3.8, 4) is 11.5 Å². The van der Waals surface area contributed by atoms with Gasteiger partial charge in [0.15, 0.2) is 11.5 Å². The Balaban J connectivity index is 1.52. The molecule has 0 unspecified atom stereocenters. The second-order valence-corrected chi connectivity index (χ2v) is 7.13. The van der Waals surface area contributed by atoms with Gasteiger partial charge in [-0.25, -0.2) is 0 Å². The Morgan fingerprint density at radius 1 is 0.897 bits per heavy atom. The molecule has 29 heavy (non-hydrogen) atoms. The van der Waals surface area contributed by atoms with Gasteiger partial charge in [-0.1, -0.05) is 6.07 Å². The van der Waals surface area contributed by atoms with Crippen LogP contribution in [0.1, 0.15) is 45.5 Å². The number of nitrogens with one attached hydrogen (secondary N) is 1. The van der Waals surface area contributed by atoms with E-state index in [9.17, 15) is 9.59 Å². The summed E-state index contributed by atoms with van der Waals surface area (Å²) in [6.07, 6.45) is 3.99. The molecule has 0 saturated carbocycles. The van der Waals surface area contributed by atoms with Gasteiger partial charge in [-0.05, 0) is 67.6 Å². The maximum atomic E-state index is 12.5. The van der Waals surface area contributed by atoms with Crippen LogP contribution < -0.4 is 14.8 Å². The molecule has 1 aliphatic heterocycles. The smallest absolute Gasteiger partial charge is 0.253 e. The maximum absolute atomic E-state index is 12.5. The highest BCUT2D eigenvalue weighted by Crippen LogP contribution is 2.27. The summed E-state index contributed by atoms with van der Waals surface area (Å²) in [4.78, 5) is 26.8. The van der Waals surface area contributed by atoms with Gasteiger partial charge in [0, 0.05) is 30.8 Å². The van der Waals surface area contributed by atoms with Crippen LogP contribution in [0.5, 0.6) is 11.5 Å². The average molecular weight is 396 g/mol. The molecule has 3 rings (SSSR count). The van der Waals surface area contributed by atoms with E-state index in [1.807, 2.05) is 23.1 Å². The number of rotatable bonds is 7. The molecule has 1 fully saturated rings. The summed E-state index contributed by atoms with van der Waals surface area (Å²) in [5, 5.41) is 2.92. The van der Waals surface area contributed by atoms with Crippen LogP contribution in [0.15, 0.2) is 42.5 Å². The lowest BCUT2D eigenvalue weighted by Gasteiger charge is -2.26. The molecule has 1 saturated heterocycles. The molecule has 1 heterocycles. The fourth-order valence-corrected chi connectivity index (χ4v) is 3.50. The molecule has 1 N–H and O–H groups in total. The van der Waals surface area contributed by atoms with Crippen molar-refractivity contribution < 1.29 is 19.1 Å². The number of nitrogens with zero attached hydrogens (tertiary/aromatic N) is 1. The topological polar surface area (TPSA) is 67.9 Å². The quantitative estimate of drug-likeness (QED) is 0.780. The molecule has 154 valence electrons. The van der Waals surface area contributed by atoms with Crippen molar-refractivity contribution in [3.63, 3.8) is 0 Å². The number of amides is 2. The Bertz CT molecular complexity index is 842. The minimum atomic E-state index is -0.151. The number of carbonyl (C=O) groups excluding carboxylic acids is 2. The molecule has 0 radical (unpaired) electrons. The Kier molecular flexibility index (Phi) is 7.11. The van der Waals surface area contributed by atoms with Crippen molar-refractivity contribution in [2.45, 2.75) is 25.7 Å². The van der Waals surface area contributed by atoms with Gasteiger partial charge in [0.05, 0.1) is 14.2 Å². The lowest BCUT2D eigenvalue weighted by Crippen LogP contribution is -2.35. The number of piperidine rings is 1. The predicted octanol–water partition coefficient (Wildman–Crippen LogP) is 3.30. The minimum absolute atomic E-state index is 0.0464. The third kappa shape index (κ3) is 5.28. The fraction of sp³-hybridized carbons (Fsp3) is 0.391. The van der Waals surface area contributed by atoms with Crippen LogP contribution in [0.25, 0.3) is 0 Å². The second kappa shape index (κ2) is 9.96. The maximum Gasteiger partial charge on any atom is 0.253 e. The zero-order valence-electron chi connectivity index (χ0n) is 17.1. The molecule has 2 aromatic rings. The number of benzene rings is 2. The van der Waals surface area contributed by atoms with Gasteiger partial charge >= 0.3 is 0 Å². The first-order chi connectivity index (χ1) is 14.1. The first-order valence-electron chi connectivity index (χ1n) is 10.0. The summed E-state index contributed by atoms with van der Waals surface area (Å²) in [6, 6.07) is 12.6. The molecule has 0 aliphatic carbocycles. The third-order valence-corrected chi connectivity index (χ3v) is 5.18. The highest BCUT2D eigenvalue weighted by molar-refractivity contribution is 5.97. The molecular formula is C23H28N2O4. The first kappa shape index (κ1) is 20.7. The largest absolute Gasteiger partial charge is 0.493 e. The Hall–Kier alpha value is -3.02. The highest BCUT2D eigenvalue weighted by Gasteiger charge is 2.18. The molecular weight excluding hydrogens is 368 g/mol. The Morgan fingerprint density at radius 2 is 1.55 bits per heavy atom. The first-order valence-corrected chi connectivity index (χ1v) is 10.0. The van der Waals surface area contributed by atoms with Crippen LogP contribution in [0.3, 0.4) is 0 Å². The number of hydrogen-bond acceptors (Lipinski definition) is 4. The molecule has 0 aromatic heterocycles. The van der Waals surface area contributed by atoms with Crippen LogP contribution in [0, 0.1) is 0 Å².